The maximum absolute atomic E-state index is 14.9. The molecule has 2 unspecified atom stereocenters. The number of likely N-dealkylation sites (tertiary alicyclic amines) is 1. The number of anilines is 2. The summed E-state index contributed by atoms with van der Waals surface area (Å²) in [4.78, 5) is 48.0. The molecule has 2 aromatic carbocycles. The van der Waals surface area contributed by atoms with Crippen LogP contribution >= 0.6 is 0 Å². The minimum Gasteiger partial charge on any atom is -0.461 e. The number of aliphatic hydroxyl groups excluding tert-OH is 1. The molecule has 44 heavy (non-hydrogen) atoms. The van der Waals surface area contributed by atoms with Gasteiger partial charge in [-0.25, -0.2) is 0 Å². The summed E-state index contributed by atoms with van der Waals surface area (Å²) in [5, 5.41) is 10.7. The molecule has 2 bridgehead atoms. The summed E-state index contributed by atoms with van der Waals surface area (Å²) in [5.41, 5.74) is 1.41. The summed E-state index contributed by atoms with van der Waals surface area (Å²) in [6, 6.07) is 15.6. The molecule has 2 aromatic rings. The van der Waals surface area contributed by atoms with Gasteiger partial charge in [-0.2, -0.15) is 0 Å². The molecule has 3 saturated heterocycles. The molecule has 2 amide bonds. The fourth-order valence-corrected chi connectivity index (χ4v) is 7.44. The second kappa shape index (κ2) is 13.4. The predicted octanol–water partition coefficient (Wildman–Crippen LogP) is 3.76. The van der Waals surface area contributed by atoms with E-state index in [1.54, 1.807) is 11.0 Å². The van der Waals surface area contributed by atoms with E-state index >= 15 is 0 Å². The van der Waals surface area contributed by atoms with Crippen molar-refractivity contribution in [3.63, 3.8) is 0 Å². The van der Waals surface area contributed by atoms with Crippen molar-refractivity contribution in [3.8, 4) is 0 Å². The number of esters is 1. The number of ether oxygens (including phenoxy) is 2. The molecule has 234 valence electrons. The summed E-state index contributed by atoms with van der Waals surface area (Å²) >= 11 is 0. The molecule has 0 radical (unpaired) electrons. The molecule has 3 aliphatic rings. The summed E-state index contributed by atoms with van der Waals surface area (Å²) in [7, 11) is 0. The number of carbonyl (C=O) groups is 3. The van der Waals surface area contributed by atoms with Crippen molar-refractivity contribution >= 4 is 29.2 Å². The molecule has 9 heteroatoms. The van der Waals surface area contributed by atoms with E-state index in [1.807, 2.05) is 54.6 Å². The van der Waals surface area contributed by atoms with E-state index < -0.39 is 41.6 Å². The van der Waals surface area contributed by atoms with Crippen LogP contribution in [-0.4, -0.2) is 84.4 Å². The van der Waals surface area contributed by atoms with Crippen LogP contribution in [0.15, 0.2) is 79.9 Å². The van der Waals surface area contributed by atoms with E-state index in [-0.39, 0.29) is 31.6 Å². The second-order valence-corrected chi connectivity index (χ2v) is 11.7. The van der Waals surface area contributed by atoms with Crippen molar-refractivity contribution in [2.45, 2.75) is 56.9 Å². The van der Waals surface area contributed by atoms with E-state index in [2.05, 4.69) is 31.9 Å². The smallest absolute Gasteiger partial charge is 0.312 e. The maximum atomic E-state index is 14.9. The zero-order chi connectivity index (χ0) is 31.4. The number of hydrogen-bond acceptors (Lipinski definition) is 7. The fraction of sp³-hybridized carbons (Fsp3) is 0.457. The Labute approximate surface area is 259 Å². The first-order valence-corrected chi connectivity index (χ1v) is 15.5. The van der Waals surface area contributed by atoms with Gasteiger partial charge in [0.1, 0.15) is 18.2 Å². The van der Waals surface area contributed by atoms with E-state index in [9.17, 15) is 19.5 Å². The lowest BCUT2D eigenvalue weighted by Crippen LogP contribution is -2.59. The van der Waals surface area contributed by atoms with Gasteiger partial charge in [-0.1, -0.05) is 49.1 Å². The Morgan fingerprint density at radius 2 is 1.77 bits per heavy atom. The normalized spacial score (nSPS) is 25.8. The maximum Gasteiger partial charge on any atom is 0.312 e. The molecular formula is C35H43N3O6. The quantitative estimate of drug-likeness (QED) is 0.260. The SMILES string of the molecule is C=CCOC(=O)[C@@H]1[C@@H]2CCC3(O2)C(C(=O)N(CC=C)c2ccc(N(CC)CC)cc2)N([C@@H](CO)Cc2ccccc2)C(=O)[C@H]13. The van der Waals surface area contributed by atoms with Gasteiger partial charge in [-0.15, -0.1) is 6.58 Å². The number of aliphatic hydroxyl groups is 1. The Hall–Kier alpha value is -3.95. The molecule has 9 nitrogen and oxygen atoms in total. The molecule has 6 atom stereocenters. The van der Waals surface area contributed by atoms with Crippen LogP contribution in [-0.2, 0) is 30.3 Å². The molecule has 1 N–H and O–H groups in total. The topological polar surface area (TPSA) is 99.6 Å². The number of carbonyl (C=O) groups excluding carboxylic acids is 3. The highest BCUT2D eigenvalue weighted by Gasteiger charge is 2.75. The first kappa shape index (κ1) is 31.5. The van der Waals surface area contributed by atoms with Crippen LogP contribution in [0, 0.1) is 11.8 Å². The van der Waals surface area contributed by atoms with Crippen LogP contribution in [0.1, 0.15) is 32.3 Å². The van der Waals surface area contributed by atoms with Crippen LogP contribution in [0.5, 0.6) is 0 Å². The average Bonchev–Trinajstić information content (AvgIpc) is 3.70. The van der Waals surface area contributed by atoms with Gasteiger partial charge in [-0.3, -0.25) is 14.4 Å². The molecular weight excluding hydrogens is 558 g/mol. The molecule has 1 spiro atoms. The van der Waals surface area contributed by atoms with Gasteiger partial charge in [0, 0.05) is 31.0 Å². The van der Waals surface area contributed by atoms with Gasteiger partial charge in [-0.05, 0) is 62.9 Å². The number of amides is 2. The first-order chi connectivity index (χ1) is 21.3. The van der Waals surface area contributed by atoms with Crippen molar-refractivity contribution < 1.29 is 29.0 Å². The molecule has 3 fully saturated rings. The zero-order valence-electron chi connectivity index (χ0n) is 25.6. The highest BCUT2D eigenvalue weighted by atomic mass is 16.6. The van der Waals surface area contributed by atoms with Crippen LogP contribution in [0.3, 0.4) is 0 Å². The standard InChI is InChI=1S/C35H43N3O6/c1-5-20-37(26-16-14-25(15-17-26)36(7-3)8-4)33(41)31-35-19-18-28(44-35)29(34(42)43-21-6-2)30(35)32(40)38(31)27(23-39)22-24-12-10-9-11-13-24/h5-6,9-17,27-31,39H,1-2,7-8,18-23H2,3-4H3/t27-,28+,29-,30+,31?,35?/m1/s1. The molecule has 3 aliphatic heterocycles. The highest BCUT2D eigenvalue weighted by molar-refractivity contribution is 6.05. The lowest BCUT2D eigenvalue weighted by atomic mass is 9.70. The van der Waals surface area contributed by atoms with Gasteiger partial charge < -0.3 is 29.3 Å². The largest absolute Gasteiger partial charge is 0.461 e. The number of benzene rings is 2. The highest BCUT2D eigenvalue weighted by Crippen LogP contribution is 2.59. The van der Waals surface area contributed by atoms with Gasteiger partial charge in [0.05, 0.1) is 30.6 Å². The summed E-state index contributed by atoms with van der Waals surface area (Å²) < 4.78 is 12.0. The predicted molar refractivity (Wildman–Crippen MR) is 169 cm³/mol. The third-order valence-corrected chi connectivity index (χ3v) is 9.37. The van der Waals surface area contributed by atoms with Crippen LogP contribution in [0.2, 0.25) is 0 Å². The van der Waals surface area contributed by atoms with Gasteiger partial charge in [0.2, 0.25) is 5.91 Å². The second-order valence-electron chi connectivity index (χ2n) is 11.7. The monoisotopic (exact) mass is 601 g/mol. The van der Waals surface area contributed by atoms with Crippen molar-refractivity contribution in [2.75, 3.05) is 42.6 Å². The third kappa shape index (κ3) is 5.43. The summed E-state index contributed by atoms with van der Waals surface area (Å²) in [6.45, 7) is 13.3. The number of hydrogen-bond donors (Lipinski definition) is 1. The Bertz CT molecular complexity index is 1360. The van der Waals surface area contributed by atoms with E-state index in [0.717, 1.165) is 24.3 Å². The van der Waals surface area contributed by atoms with E-state index in [1.165, 1.54) is 11.0 Å². The summed E-state index contributed by atoms with van der Waals surface area (Å²) in [6.07, 6.45) is 3.92. The van der Waals surface area contributed by atoms with Crippen molar-refractivity contribution in [3.05, 3.63) is 85.5 Å². The molecule has 0 aliphatic carbocycles. The number of fused-ring (bicyclic) bond motifs is 1. The van der Waals surface area contributed by atoms with Crippen molar-refractivity contribution in [1.29, 1.82) is 0 Å². The minimum absolute atomic E-state index is 0.0198. The third-order valence-electron chi connectivity index (χ3n) is 9.37. The summed E-state index contributed by atoms with van der Waals surface area (Å²) in [5.74, 6) is -2.96. The Morgan fingerprint density at radius 1 is 1.09 bits per heavy atom. The van der Waals surface area contributed by atoms with E-state index in [0.29, 0.717) is 24.9 Å². The van der Waals surface area contributed by atoms with Crippen molar-refractivity contribution in [1.82, 2.24) is 4.90 Å². The van der Waals surface area contributed by atoms with Gasteiger partial charge in [0.15, 0.2) is 0 Å². The Kier molecular flexibility index (Phi) is 9.56. The van der Waals surface area contributed by atoms with Crippen LogP contribution in [0.4, 0.5) is 11.4 Å². The lowest BCUT2D eigenvalue weighted by Gasteiger charge is -2.39. The fourth-order valence-electron chi connectivity index (χ4n) is 7.44. The number of rotatable bonds is 14. The van der Waals surface area contributed by atoms with Crippen LogP contribution < -0.4 is 9.80 Å². The Balaban J connectivity index is 1.57. The molecule has 0 saturated carbocycles. The number of nitrogens with zero attached hydrogens (tertiary/aromatic N) is 3. The van der Waals surface area contributed by atoms with Crippen molar-refractivity contribution in [2.24, 2.45) is 11.8 Å². The average molecular weight is 602 g/mol. The van der Waals surface area contributed by atoms with E-state index in [4.69, 9.17) is 9.47 Å². The molecule has 3 heterocycles. The first-order valence-electron chi connectivity index (χ1n) is 15.5. The molecule has 0 aromatic heterocycles. The minimum atomic E-state index is -1.22. The van der Waals surface area contributed by atoms with Crippen LogP contribution in [0.25, 0.3) is 0 Å². The Morgan fingerprint density at radius 3 is 2.39 bits per heavy atom. The molecule has 5 rings (SSSR count). The zero-order valence-corrected chi connectivity index (χ0v) is 25.6. The van der Waals surface area contributed by atoms with Gasteiger partial charge >= 0.3 is 5.97 Å². The lowest BCUT2D eigenvalue weighted by molar-refractivity contribution is -0.154. The van der Waals surface area contributed by atoms with Gasteiger partial charge in [0.25, 0.3) is 5.91 Å².